The fourth-order valence-corrected chi connectivity index (χ4v) is 1.83. The third kappa shape index (κ3) is 5.31. The number of halogens is 3. The van der Waals surface area contributed by atoms with E-state index in [0.29, 0.717) is 0 Å². The monoisotopic (exact) mass is 360 g/mol. The van der Waals surface area contributed by atoms with Gasteiger partial charge in [0.05, 0.1) is 10.5 Å². The number of hydrogen-bond donors (Lipinski definition) is 1. The van der Waals surface area contributed by atoms with Gasteiger partial charge in [-0.05, 0) is 48.3 Å². The maximum absolute atomic E-state index is 13.7. The molecule has 114 valence electrons. The van der Waals surface area contributed by atoms with Crippen LogP contribution in [0.15, 0.2) is 16.6 Å². The number of nitrogens with one attached hydrogen (secondary N) is 1. The van der Waals surface area contributed by atoms with Crippen LogP contribution in [0.5, 0.6) is 0 Å². The summed E-state index contributed by atoms with van der Waals surface area (Å²) in [5.41, 5.74) is -0.711. The van der Waals surface area contributed by atoms with Gasteiger partial charge in [-0.2, -0.15) is 5.26 Å². The van der Waals surface area contributed by atoms with E-state index in [1.165, 1.54) is 12.1 Å². The van der Waals surface area contributed by atoms with Gasteiger partial charge in [0.25, 0.3) is 0 Å². The summed E-state index contributed by atoms with van der Waals surface area (Å²) in [4.78, 5) is 11.6. The van der Waals surface area contributed by atoms with E-state index in [-0.39, 0.29) is 16.5 Å². The van der Waals surface area contributed by atoms with E-state index in [9.17, 15) is 13.6 Å². The zero-order chi connectivity index (χ0) is 16.2. The number of ether oxygens (including phenoxy) is 1. The first-order valence-corrected chi connectivity index (χ1v) is 6.95. The SMILES string of the molecule is CC(C)(C)OC(=O)N[C@H](C#N)Cc1ccc(Br)c(F)c1F. The number of amides is 1. The molecular formula is C14H15BrF2N2O2. The minimum Gasteiger partial charge on any atom is -0.444 e. The lowest BCUT2D eigenvalue weighted by atomic mass is 10.1. The van der Waals surface area contributed by atoms with Gasteiger partial charge in [-0.1, -0.05) is 6.07 Å². The number of nitrogens with zero attached hydrogens (tertiary/aromatic N) is 1. The maximum atomic E-state index is 13.7. The van der Waals surface area contributed by atoms with Crippen molar-refractivity contribution in [2.75, 3.05) is 0 Å². The fourth-order valence-electron chi connectivity index (χ4n) is 1.52. The molecule has 1 N–H and O–H groups in total. The Balaban J connectivity index is 2.78. The normalized spacial score (nSPS) is 12.4. The van der Waals surface area contributed by atoms with Crippen LogP contribution in [0.4, 0.5) is 13.6 Å². The summed E-state index contributed by atoms with van der Waals surface area (Å²) in [6.07, 6.45) is -0.946. The van der Waals surface area contributed by atoms with Crippen LogP contribution < -0.4 is 5.32 Å². The molecule has 1 aromatic rings. The van der Waals surface area contributed by atoms with Gasteiger partial charge < -0.3 is 10.1 Å². The van der Waals surface area contributed by atoms with Gasteiger partial charge in [-0.15, -0.1) is 0 Å². The minimum atomic E-state index is -1.05. The van der Waals surface area contributed by atoms with Crippen LogP contribution in [0.1, 0.15) is 26.3 Å². The molecule has 1 atom stereocenters. The van der Waals surface area contributed by atoms with Crippen molar-refractivity contribution in [3.63, 3.8) is 0 Å². The lowest BCUT2D eigenvalue weighted by Gasteiger charge is -2.21. The van der Waals surface area contributed by atoms with Crippen LogP contribution in [0.2, 0.25) is 0 Å². The van der Waals surface area contributed by atoms with Crippen molar-refractivity contribution >= 4 is 22.0 Å². The van der Waals surface area contributed by atoms with E-state index >= 15 is 0 Å². The van der Waals surface area contributed by atoms with E-state index in [4.69, 9.17) is 10.00 Å². The number of nitriles is 1. The highest BCUT2D eigenvalue weighted by molar-refractivity contribution is 9.10. The second kappa shape index (κ2) is 6.85. The van der Waals surface area contributed by atoms with Gasteiger partial charge in [0.2, 0.25) is 0 Å². The maximum Gasteiger partial charge on any atom is 0.408 e. The molecule has 0 fully saturated rings. The van der Waals surface area contributed by atoms with Crippen molar-refractivity contribution in [2.24, 2.45) is 0 Å². The first-order chi connectivity index (χ1) is 9.64. The molecule has 0 unspecified atom stereocenters. The highest BCUT2D eigenvalue weighted by atomic mass is 79.9. The Morgan fingerprint density at radius 2 is 2.05 bits per heavy atom. The van der Waals surface area contributed by atoms with Gasteiger partial charge >= 0.3 is 6.09 Å². The zero-order valence-corrected chi connectivity index (χ0v) is 13.4. The Kier molecular flexibility index (Phi) is 5.67. The lowest BCUT2D eigenvalue weighted by Crippen LogP contribution is -2.39. The highest BCUT2D eigenvalue weighted by Gasteiger charge is 2.21. The van der Waals surface area contributed by atoms with Crippen LogP contribution in [-0.4, -0.2) is 17.7 Å². The van der Waals surface area contributed by atoms with E-state index in [1.807, 2.05) is 6.07 Å². The predicted octanol–water partition coefficient (Wildman–Crippen LogP) is 3.69. The van der Waals surface area contributed by atoms with Crippen molar-refractivity contribution in [1.29, 1.82) is 5.26 Å². The zero-order valence-electron chi connectivity index (χ0n) is 11.8. The molecule has 0 aromatic heterocycles. The van der Waals surface area contributed by atoms with E-state index in [1.54, 1.807) is 20.8 Å². The molecule has 0 aliphatic rings. The minimum absolute atomic E-state index is 0.00157. The van der Waals surface area contributed by atoms with Crippen molar-refractivity contribution in [1.82, 2.24) is 5.32 Å². The number of hydrogen-bond acceptors (Lipinski definition) is 3. The number of carbonyl (C=O) groups excluding carboxylic acids is 1. The Morgan fingerprint density at radius 3 is 2.57 bits per heavy atom. The average Bonchev–Trinajstić information content (AvgIpc) is 2.36. The summed E-state index contributed by atoms with van der Waals surface area (Å²) in [6.45, 7) is 5.03. The average molecular weight is 361 g/mol. The quantitative estimate of drug-likeness (QED) is 0.836. The fraction of sp³-hybridized carbons (Fsp3) is 0.429. The van der Waals surface area contributed by atoms with Crippen molar-refractivity contribution < 1.29 is 18.3 Å². The second-order valence-electron chi connectivity index (χ2n) is 5.37. The molecule has 4 nitrogen and oxygen atoms in total. The lowest BCUT2D eigenvalue weighted by molar-refractivity contribution is 0.0515. The van der Waals surface area contributed by atoms with Gasteiger partial charge in [-0.25, -0.2) is 13.6 Å². The van der Waals surface area contributed by atoms with E-state index < -0.39 is 29.4 Å². The van der Waals surface area contributed by atoms with Gasteiger partial charge in [0.15, 0.2) is 11.6 Å². The van der Waals surface area contributed by atoms with Crippen LogP contribution in [0, 0.1) is 23.0 Å². The third-order valence-electron chi connectivity index (χ3n) is 2.39. The van der Waals surface area contributed by atoms with Gasteiger partial charge in [0, 0.05) is 6.42 Å². The van der Waals surface area contributed by atoms with Gasteiger partial charge in [0.1, 0.15) is 11.6 Å². The smallest absolute Gasteiger partial charge is 0.408 e. The predicted molar refractivity (Wildman–Crippen MR) is 76.5 cm³/mol. The summed E-state index contributed by atoms with van der Waals surface area (Å²) in [5.74, 6) is -2.07. The molecule has 0 heterocycles. The first-order valence-electron chi connectivity index (χ1n) is 6.15. The summed E-state index contributed by atoms with van der Waals surface area (Å²) in [5, 5.41) is 11.3. The standard InChI is InChI=1S/C14H15BrF2N2O2/c1-14(2,3)21-13(20)19-9(7-18)6-8-4-5-10(15)12(17)11(8)16/h4-5,9H,6H2,1-3H3,(H,19,20)/t9-/m0/s1. The Morgan fingerprint density at radius 1 is 1.43 bits per heavy atom. The number of benzene rings is 1. The number of alkyl carbamates (subject to hydrolysis) is 1. The summed E-state index contributed by atoms with van der Waals surface area (Å²) in [7, 11) is 0. The van der Waals surface area contributed by atoms with Crippen molar-refractivity contribution in [3.8, 4) is 6.07 Å². The Labute approximate surface area is 130 Å². The molecule has 0 radical (unpaired) electrons. The largest absolute Gasteiger partial charge is 0.444 e. The molecule has 0 saturated carbocycles. The Bertz CT molecular complexity index is 580. The highest BCUT2D eigenvalue weighted by Crippen LogP contribution is 2.22. The number of rotatable bonds is 3. The van der Waals surface area contributed by atoms with Crippen LogP contribution in [-0.2, 0) is 11.2 Å². The summed E-state index contributed by atoms with van der Waals surface area (Å²) >= 11 is 2.87. The molecular weight excluding hydrogens is 346 g/mol. The first kappa shape index (κ1) is 17.4. The molecule has 0 aliphatic carbocycles. The van der Waals surface area contributed by atoms with Crippen LogP contribution >= 0.6 is 15.9 Å². The molecule has 21 heavy (non-hydrogen) atoms. The van der Waals surface area contributed by atoms with Crippen molar-refractivity contribution in [3.05, 3.63) is 33.8 Å². The third-order valence-corrected chi connectivity index (χ3v) is 3.00. The van der Waals surface area contributed by atoms with E-state index in [0.717, 1.165) is 0 Å². The molecule has 0 bridgehead atoms. The molecule has 1 rings (SSSR count). The molecule has 7 heteroatoms. The van der Waals surface area contributed by atoms with Crippen molar-refractivity contribution in [2.45, 2.75) is 38.8 Å². The molecule has 0 aliphatic heterocycles. The number of carbonyl (C=O) groups is 1. The molecule has 1 amide bonds. The topological polar surface area (TPSA) is 62.1 Å². The molecule has 0 spiro atoms. The summed E-state index contributed by atoms with van der Waals surface area (Å²) < 4.78 is 32.1. The van der Waals surface area contributed by atoms with E-state index in [2.05, 4.69) is 21.2 Å². The van der Waals surface area contributed by atoms with Gasteiger partial charge in [-0.3, -0.25) is 0 Å². The molecule has 0 saturated heterocycles. The molecule has 1 aromatic carbocycles. The van der Waals surface area contributed by atoms with Crippen LogP contribution in [0.3, 0.4) is 0 Å². The Hall–Kier alpha value is -1.68. The van der Waals surface area contributed by atoms with Crippen LogP contribution in [0.25, 0.3) is 0 Å². The summed E-state index contributed by atoms with van der Waals surface area (Å²) in [6, 6.07) is 3.49. The second-order valence-corrected chi connectivity index (χ2v) is 6.22.